The van der Waals surface area contributed by atoms with Gasteiger partial charge >= 0.3 is 0 Å². The Morgan fingerprint density at radius 2 is 2.00 bits per heavy atom. The maximum absolute atomic E-state index is 9.72. The van der Waals surface area contributed by atoms with Gasteiger partial charge in [0.15, 0.2) is 5.82 Å². The highest BCUT2D eigenvalue weighted by Crippen LogP contribution is 2.26. The fourth-order valence-electron chi connectivity index (χ4n) is 1.71. The van der Waals surface area contributed by atoms with Crippen LogP contribution in [0.15, 0.2) is 48.7 Å². The van der Waals surface area contributed by atoms with E-state index in [2.05, 4.69) is 16.0 Å². The third kappa shape index (κ3) is 1.72. The van der Waals surface area contributed by atoms with E-state index in [1.807, 2.05) is 24.3 Å². The van der Waals surface area contributed by atoms with Crippen molar-refractivity contribution in [1.82, 2.24) is 9.97 Å². The summed E-state index contributed by atoms with van der Waals surface area (Å²) in [5, 5.41) is 10.7. The summed E-state index contributed by atoms with van der Waals surface area (Å²) in [6, 6.07) is 15.5. The first-order chi connectivity index (χ1) is 8.34. The van der Waals surface area contributed by atoms with E-state index in [0.29, 0.717) is 11.4 Å². The first-order valence-electron chi connectivity index (χ1n) is 5.26. The molecule has 0 bridgehead atoms. The van der Waals surface area contributed by atoms with Crippen LogP contribution in [0.3, 0.4) is 0 Å². The predicted molar refractivity (Wildman–Crippen MR) is 65.5 cm³/mol. The van der Waals surface area contributed by atoms with E-state index in [0.717, 1.165) is 10.9 Å². The third-order valence-corrected chi connectivity index (χ3v) is 2.57. The van der Waals surface area contributed by atoms with Crippen LogP contribution < -0.4 is 0 Å². The largest absolute Gasteiger partial charge is 0.507 e. The molecule has 0 aliphatic rings. The Bertz CT molecular complexity index is 680. The van der Waals surface area contributed by atoms with Gasteiger partial charge in [0.1, 0.15) is 5.75 Å². The highest BCUT2D eigenvalue weighted by atomic mass is 16.3. The minimum absolute atomic E-state index is 0.141. The molecule has 1 aromatic heterocycles. The molecule has 3 aromatic rings. The van der Waals surface area contributed by atoms with Gasteiger partial charge < -0.3 is 5.11 Å². The summed E-state index contributed by atoms with van der Waals surface area (Å²) in [5.74, 6) is 0.665. The molecule has 0 amide bonds. The number of rotatable bonds is 1. The number of nitrogens with zero attached hydrogens (tertiary/aromatic N) is 2. The van der Waals surface area contributed by atoms with Gasteiger partial charge in [0.2, 0.25) is 0 Å². The first kappa shape index (κ1) is 9.78. The number of benzene rings is 2. The number of fused-ring (bicyclic) bond motifs is 1. The summed E-state index contributed by atoms with van der Waals surface area (Å²) in [6.45, 7) is 0. The molecule has 2 aromatic carbocycles. The van der Waals surface area contributed by atoms with Gasteiger partial charge in [0, 0.05) is 11.6 Å². The molecule has 0 atom stereocenters. The van der Waals surface area contributed by atoms with Crippen molar-refractivity contribution in [1.29, 1.82) is 0 Å². The SMILES string of the molecule is Oc1c[c]ccc1-c1ncc2ccccc2n1. The number of aromatic hydroxyl groups is 1. The lowest BCUT2D eigenvalue weighted by atomic mass is 10.1. The smallest absolute Gasteiger partial charge is 0.163 e. The molecule has 0 spiro atoms. The zero-order valence-electron chi connectivity index (χ0n) is 8.96. The fourth-order valence-corrected chi connectivity index (χ4v) is 1.71. The van der Waals surface area contributed by atoms with Gasteiger partial charge in [0.25, 0.3) is 0 Å². The minimum Gasteiger partial charge on any atom is -0.507 e. The molecule has 3 rings (SSSR count). The number of phenolic OH excluding ortho intramolecular Hbond substituents is 1. The number of hydrogen-bond donors (Lipinski definition) is 1. The van der Waals surface area contributed by atoms with Crippen LogP contribution in [0.2, 0.25) is 0 Å². The lowest BCUT2D eigenvalue weighted by Gasteiger charge is -2.03. The molecular weight excluding hydrogens is 212 g/mol. The molecule has 0 saturated heterocycles. The van der Waals surface area contributed by atoms with Gasteiger partial charge in [-0.25, -0.2) is 9.97 Å². The van der Waals surface area contributed by atoms with E-state index >= 15 is 0 Å². The number of aromatic nitrogens is 2. The van der Waals surface area contributed by atoms with E-state index in [9.17, 15) is 5.11 Å². The quantitative estimate of drug-likeness (QED) is 0.687. The van der Waals surface area contributed by atoms with Crippen LogP contribution in [0.1, 0.15) is 0 Å². The second-order valence-corrected chi connectivity index (χ2v) is 3.70. The third-order valence-electron chi connectivity index (χ3n) is 2.57. The van der Waals surface area contributed by atoms with Gasteiger partial charge in [0.05, 0.1) is 11.1 Å². The zero-order chi connectivity index (χ0) is 11.7. The number of hydrogen-bond acceptors (Lipinski definition) is 3. The van der Waals surface area contributed by atoms with Crippen LogP contribution in [-0.2, 0) is 0 Å². The average Bonchev–Trinajstić information content (AvgIpc) is 2.39. The Morgan fingerprint density at radius 1 is 1.12 bits per heavy atom. The summed E-state index contributed by atoms with van der Waals surface area (Å²) in [4.78, 5) is 8.67. The Kier molecular flexibility index (Phi) is 2.22. The summed E-state index contributed by atoms with van der Waals surface area (Å²) < 4.78 is 0. The number of para-hydroxylation sites is 1. The molecular formula is C14H9N2O. The van der Waals surface area contributed by atoms with Crippen molar-refractivity contribution in [3.63, 3.8) is 0 Å². The van der Waals surface area contributed by atoms with E-state index < -0.39 is 0 Å². The molecule has 0 fully saturated rings. The standard InChI is InChI=1S/C14H9N2O/c17-13-8-4-2-6-11(13)14-15-9-10-5-1-3-7-12(10)16-14/h1-3,5-9,17H. The highest BCUT2D eigenvalue weighted by Gasteiger charge is 2.06. The van der Waals surface area contributed by atoms with Crippen molar-refractivity contribution < 1.29 is 5.11 Å². The fraction of sp³-hybridized carbons (Fsp3) is 0. The molecule has 1 N–H and O–H groups in total. The maximum Gasteiger partial charge on any atom is 0.163 e. The molecule has 0 aliphatic carbocycles. The van der Waals surface area contributed by atoms with Gasteiger partial charge in [-0.3, -0.25) is 0 Å². The topological polar surface area (TPSA) is 46.0 Å². The average molecular weight is 221 g/mol. The Morgan fingerprint density at radius 3 is 2.88 bits per heavy atom. The lowest BCUT2D eigenvalue weighted by molar-refractivity contribution is 0.477. The molecule has 0 unspecified atom stereocenters. The van der Waals surface area contributed by atoms with Crippen molar-refractivity contribution in [2.24, 2.45) is 0 Å². The Labute approximate surface area is 98.4 Å². The normalized spacial score (nSPS) is 10.6. The predicted octanol–water partition coefficient (Wildman–Crippen LogP) is 2.80. The van der Waals surface area contributed by atoms with Crippen LogP contribution in [-0.4, -0.2) is 15.1 Å². The van der Waals surface area contributed by atoms with Crippen molar-refractivity contribution in [2.45, 2.75) is 0 Å². The zero-order valence-corrected chi connectivity index (χ0v) is 8.96. The van der Waals surface area contributed by atoms with Crippen molar-refractivity contribution in [2.75, 3.05) is 0 Å². The Hall–Kier alpha value is -2.42. The highest BCUT2D eigenvalue weighted by molar-refractivity contribution is 5.80. The molecule has 17 heavy (non-hydrogen) atoms. The first-order valence-corrected chi connectivity index (χ1v) is 5.26. The molecule has 1 radical (unpaired) electrons. The van der Waals surface area contributed by atoms with Gasteiger partial charge in [-0.05, 0) is 24.3 Å². The summed E-state index contributed by atoms with van der Waals surface area (Å²) in [5.41, 5.74) is 1.49. The Balaban J connectivity index is 2.22. The monoisotopic (exact) mass is 221 g/mol. The van der Waals surface area contributed by atoms with Crippen LogP contribution >= 0.6 is 0 Å². The maximum atomic E-state index is 9.72. The van der Waals surface area contributed by atoms with Crippen molar-refractivity contribution in [3.8, 4) is 17.1 Å². The molecule has 0 aliphatic heterocycles. The second kappa shape index (κ2) is 3.87. The lowest BCUT2D eigenvalue weighted by Crippen LogP contribution is -1.89. The van der Waals surface area contributed by atoms with Crippen molar-refractivity contribution in [3.05, 3.63) is 54.7 Å². The summed E-state index contributed by atoms with van der Waals surface area (Å²) in [6.07, 6.45) is 1.76. The van der Waals surface area contributed by atoms with Gasteiger partial charge in [-0.15, -0.1) is 0 Å². The molecule has 3 nitrogen and oxygen atoms in total. The second-order valence-electron chi connectivity index (χ2n) is 3.70. The van der Waals surface area contributed by atoms with E-state index in [4.69, 9.17) is 0 Å². The summed E-state index contributed by atoms with van der Waals surface area (Å²) >= 11 is 0. The van der Waals surface area contributed by atoms with Crippen LogP contribution in [0, 0.1) is 6.07 Å². The molecule has 81 valence electrons. The van der Waals surface area contributed by atoms with Gasteiger partial charge in [-0.2, -0.15) is 0 Å². The molecule has 3 heteroatoms. The van der Waals surface area contributed by atoms with Crippen LogP contribution in [0.25, 0.3) is 22.3 Å². The van der Waals surface area contributed by atoms with E-state index in [-0.39, 0.29) is 5.75 Å². The van der Waals surface area contributed by atoms with E-state index in [1.165, 1.54) is 6.07 Å². The summed E-state index contributed by atoms with van der Waals surface area (Å²) in [7, 11) is 0. The van der Waals surface area contributed by atoms with Crippen molar-refractivity contribution >= 4 is 10.9 Å². The van der Waals surface area contributed by atoms with Crippen LogP contribution in [0.5, 0.6) is 5.75 Å². The van der Waals surface area contributed by atoms with Crippen LogP contribution in [0.4, 0.5) is 0 Å². The number of phenols is 1. The molecule has 1 heterocycles. The van der Waals surface area contributed by atoms with Gasteiger partial charge in [-0.1, -0.05) is 24.3 Å². The van der Waals surface area contributed by atoms with E-state index in [1.54, 1.807) is 18.3 Å². The minimum atomic E-state index is 0.141. The molecule has 0 saturated carbocycles.